The standard InChI is InChI=1S/C19H17F4NO4S/c1-28-16-7-6-14(29(26,27)11-18(8-9-18)19(21,22)23)10-15(16)17(25)24-13-4-2-12(20)3-5-13/h2-7,10H,8-9,11H2,1H3,(H,24,25). The first-order chi connectivity index (χ1) is 13.5. The van der Waals surface area contributed by atoms with Gasteiger partial charge in [-0.1, -0.05) is 0 Å². The topological polar surface area (TPSA) is 72.5 Å². The second-order valence-corrected chi connectivity index (χ2v) is 8.85. The Kier molecular flexibility index (Phi) is 5.33. The second-order valence-electron chi connectivity index (χ2n) is 6.86. The number of alkyl halides is 3. The number of carbonyl (C=O) groups excluding carboxylic acids is 1. The molecule has 10 heteroatoms. The number of hydrogen-bond acceptors (Lipinski definition) is 4. The van der Waals surface area contributed by atoms with Gasteiger partial charge >= 0.3 is 6.18 Å². The Hall–Kier alpha value is -2.62. The number of halogens is 4. The van der Waals surface area contributed by atoms with Gasteiger partial charge in [-0.2, -0.15) is 13.2 Å². The van der Waals surface area contributed by atoms with E-state index >= 15 is 0 Å². The van der Waals surface area contributed by atoms with Crippen molar-refractivity contribution in [3.05, 3.63) is 53.8 Å². The fourth-order valence-electron chi connectivity index (χ4n) is 2.90. The summed E-state index contributed by atoms with van der Waals surface area (Å²) in [5.41, 5.74) is -2.15. The van der Waals surface area contributed by atoms with Crippen molar-refractivity contribution in [3.63, 3.8) is 0 Å². The number of anilines is 1. The maximum Gasteiger partial charge on any atom is 0.395 e. The highest BCUT2D eigenvalue weighted by Crippen LogP contribution is 2.58. The summed E-state index contributed by atoms with van der Waals surface area (Å²) in [5, 5.41) is 2.46. The molecule has 0 spiro atoms. The van der Waals surface area contributed by atoms with E-state index in [-0.39, 0.29) is 29.8 Å². The first-order valence-electron chi connectivity index (χ1n) is 8.52. The summed E-state index contributed by atoms with van der Waals surface area (Å²) < 4.78 is 82.7. The van der Waals surface area contributed by atoms with Crippen molar-refractivity contribution in [2.24, 2.45) is 5.41 Å². The number of sulfone groups is 1. The molecule has 156 valence electrons. The normalized spacial score (nSPS) is 15.6. The van der Waals surface area contributed by atoms with Gasteiger partial charge < -0.3 is 10.1 Å². The van der Waals surface area contributed by atoms with Gasteiger partial charge in [-0.25, -0.2) is 12.8 Å². The molecule has 0 radical (unpaired) electrons. The maximum atomic E-state index is 13.2. The first-order valence-corrected chi connectivity index (χ1v) is 10.2. The summed E-state index contributed by atoms with van der Waals surface area (Å²) in [4.78, 5) is 12.2. The number of carbonyl (C=O) groups is 1. The van der Waals surface area contributed by atoms with Gasteiger partial charge in [0.1, 0.15) is 11.6 Å². The van der Waals surface area contributed by atoms with E-state index in [0.717, 1.165) is 24.3 Å². The molecule has 0 unspecified atom stereocenters. The van der Waals surface area contributed by atoms with E-state index in [2.05, 4.69) is 5.32 Å². The van der Waals surface area contributed by atoms with E-state index in [1.54, 1.807) is 0 Å². The summed E-state index contributed by atoms with van der Waals surface area (Å²) >= 11 is 0. The van der Waals surface area contributed by atoms with Crippen LogP contribution in [0.1, 0.15) is 23.2 Å². The smallest absolute Gasteiger partial charge is 0.395 e. The summed E-state index contributed by atoms with van der Waals surface area (Å²) in [6.45, 7) is 0. The van der Waals surface area contributed by atoms with Crippen molar-refractivity contribution in [3.8, 4) is 5.75 Å². The number of hydrogen-bond donors (Lipinski definition) is 1. The van der Waals surface area contributed by atoms with Crippen LogP contribution in [-0.4, -0.2) is 33.4 Å². The minimum atomic E-state index is -4.62. The van der Waals surface area contributed by atoms with Crippen LogP contribution < -0.4 is 10.1 Å². The maximum absolute atomic E-state index is 13.2. The molecule has 2 aromatic carbocycles. The highest BCUT2D eigenvalue weighted by molar-refractivity contribution is 7.91. The molecule has 0 saturated heterocycles. The minimum Gasteiger partial charge on any atom is -0.496 e. The van der Waals surface area contributed by atoms with Crippen molar-refractivity contribution < 1.29 is 35.5 Å². The van der Waals surface area contributed by atoms with Gasteiger partial charge in [-0.3, -0.25) is 4.79 Å². The van der Waals surface area contributed by atoms with E-state index in [4.69, 9.17) is 4.74 Å². The Morgan fingerprint density at radius 2 is 1.76 bits per heavy atom. The Balaban J connectivity index is 1.90. The van der Waals surface area contributed by atoms with Crippen LogP contribution in [0.15, 0.2) is 47.4 Å². The third kappa shape index (κ3) is 4.36. The zero-order valence-corrected chi connectivity index (χ0v) is 16.0. The number of amides is 1. The fraction of sp³-hybridized carbons (Fsp3) is 0.316. The predicted molar refractivity (Wildman–Crippen MR) is 97.1 cm³/mol. The molecule has 0 bridgehead atoms. The molecule has 1 fully saturated rings. The average molecular weight is 431 g/mol. The van der Waals surface area contributed by atoms with E-state index in [1.807, 2.05) is 0 Å². The van der Waals surface area contributed by atoms with Crippen LogP contribution in [0.25, 0.3) is 0 Å². The summed E-state index contributed by atoms with van der Waals surface area (Å²) in [7, 11) is -3.04. The third-order valence-electron chi connectivity index (χ3n) is 4.80. The first kappa shape index (κ1) is 21.1. The van der Waals surface area contributed by atoms with Gasteiger partial charge in [0, 0.05) is 5.69 Å². The summed E-state index contributed by atoms with van der Waals surface area (Å²) in [6, 6.07) is 8.16. The average Bonchev–Trinajstić information content (AvgIpc) is 3.43. The Labute approximate surface area is 164 Å². The van der Waals surface area contributed by atoms with Crippen LogP contribution in [0, 0.1) is 11.2 Å². The monoisotopic (exact) mass is 431 g/mol. The van der Waals surface area contributed by atoms with Gasteiger partial charge in [0.05, 0.1) is 28.7 Å². The van der Waals surface area contributed by atoms with Gasteiger partial charge in [0.2, 0.25) is 0 Å². The van der Waals surface area contributed by atoms with Crippen molar-refractivity contribution >= 4 is 21.4 Å². The molecule has 2 aromatic rings. The second kappa shape index (κ2) is 7.33. The molecule has 1 N–H and O–H groups in total. The quantitative estimate of drug-likeness (QED) is 0.696. The molecule has 0 heterocycles. The van der Waals surface area contributed by atoms with Crippen LogP contribution in [0.3, 0.4) is 0 Å². The van der Waals surface area contributed by atoms with Crippen LogP contribution in [0.2, 0.25) is 0 Å². The van der Waals surface area contributed by atoms with Crippen LogP contribution >= 0.6 is 0 Å². The highest BCUT2D eigenvalue weighted by atomic mass is 32.2. The van der Waals surface area contributed by atoms with E-state index in [9.17, 15) is 30.8 Å². The van der Waals surface area contributed by atoms with Crippen molar-refractivity contribution in [1.82, 2.24) is 0 Å². The summed E-state index contributed by atoms with van der Waals surface area (Å²) in [6.07, 6.45) is -5.11. The molecule has 29 heavy (non-hydrogen) atoms. The van der Waals surface area contributed by atoms with Crippen LogP contribution in [-0.2, 0) is 9.84 Å². The molecule has 0 atom stereocenters. The molecule has 3 rings (SSSR count). The van der Waals surface area contributed by atoms with E-state index < -0.39 is 43.8 Å². The van der Waals surface area contributed by atoms with Gasteiger partial charge in [0.25, 0.3) is 5.91 Å². The van der Waals surface area contributed by atoms with Gasteiger partial charge in [-0.15, -0.1) is 0 Å². The lowest BCUT2D eigenvalue weighted by Gasteiger charge is -2.19. The van der Waals surface area contributed by atoms with Crippen LogP contribution in [0.5, 0.6) is 5.75 Å². The molecule has 1 amide bonds. The SMILES string of the molecule is COc1ccc(S(=O)(=O)CC2(C(F)(F)F)CC2)cc1C(=O)Nc1ccc(F)cc1. The number of rotatable bonds is 6. The van der Waals surface area contributed by atoms with E-state index in [1.165, 1.54) is 25.3 Å². The molecule has 0 aromatic heterocycles. The largest absolute Gasteiger partial charge is 0.496 e. The lowest BCUT2D eigenvalue weighted by molar-refractivity contribution is -0.180. The lowest BCUT2D eigenvalue weighted by atomic mass is 10.1. The zero-order chi connectivity index (χ0) is 21.4. The Bertz CT molecular complexity index is 1030. The molecule has 1 aliphatic carbocycles. The Morgan fingerprint density at radius 1 is 1.14 bits per heavy atom. The minimum absolute atomic E-state index is 0.0421. The van der Waals surface area contributed by atoms with E-state index in [0.29, 0.717) is 0 Å². The number of nitrogens with one attached hydrogen (secondary N) is 1. The number of methoxy groups -OCH3 is 1. The number of benzene rings is 2. The van der Waals surface area contributed by atoms with Crippen molar-refractivity contribution in [2.45, 2.75) is 23.9 Å². The molecular weight excluding hydrogens is 414 g/mol. The summed E-state index contributed by atoms with van der Waals surface area (Å²) in [5.74, 6) is -2.29. The molecular formula is C19H17F4NO4S. The molecule has 1 saturated carbocycles. The van der Waals surface area contributed by atoms with Crippen molar-refractivity contribution in [1.29, 1.82) is 0 Å². The third-order valence-corrected chi connectivity index (χ3v) is 6.70. The highest BCUT2D eigenvalue weighted by Gasteiger charge is 2.64. The zero-order valence-electron chi connectivity index (χ0n) is 15.2. The van der Waals surface area contributed by atoms with Gasteiger partial charge in [-0.05, 0) is 55.3 Å². The predicted octanol–water partition coefficient (Wildman–Crippen LogP) is 4.20. The lowest BCUT2D eigenvalue weighted by Crippen LogP contribution is -2.32. The molecule has 1 aliphatic rings. The Morgan fingerprint density at radius 3 is 2.28 bits per heavy atom. The van der Waals surface area contributed by atoms with Crippen molar-refractivity contribution in [2.75, 3.05) is 18.2 Å². The number of ether oxygens (including phenoxy) is 1. The van der Waals surface area contributed by atoms with Crippen LogP contribution in [0.4, 0.5) is 23.2 Å². The molecule has 0 aliphatic heterocycles. The fourth-order valence-corrected chi connectivity index (χ4v) is 4.82. The van der Waals surface area contributed by atoms with Gasteiger partial charge in [0.15, 0.2) is 9.84 Å². The molecule has 5 nitrogen and oxygen atoms in total.